The van der Waals surface area contributed by atoms with Gasteiger partial charge in [-0.2, -0.15) is 0 Å². The van der Waals surface area contributed by atoms with Crippen LogP contribution in [0.2, 0.25) is 0 Å². The standard InChI is InChI=1S/C4H6Br2/c1-3(5)4(2)6/h1-2H3/b4-3-. The summed E-state index contributed by atoms with van der Waals surface area (Å²) in [4.78, 5) is 0. The van der Waals surface area contributed by atoms with Crippen molar-refractivity contribution in [3.05, 3.63) is 8.96 Å². The molecule has 0 aromatic heterocycles. The molecule has 0 rings (SSSR count). The molecule has 0 aliphatic carbocycles. The lowest BCUT2D eigenvalue weighted by molar-refractivity contribution is 1.58. The van der Waals surface area contributed by atoms with E-state index in [0.717, 1.165) is 8.96 Å². The summed E-state index contributed by atoms with van der Waals surface area (Å²) < 4.78 is 2.31. The first-order chi connectivity index (χ1) is 2.64. The predicted molar refractivity (Wildman–Crippen MR) is 36.2 cm³/mol. The summed E-state index contributed by atoms with van der Waals surface area (Å²) in [5.41, 5.74) is 0. The van der Waals surface area contributed by atoms with E-state index in [1.54, 1.807) is 0 Å². The van der Waals surface area contributed by atoms with E-state index in [1.807, 2.05) is 13.8 Å². The lowest BCUT2D eigenvalue weighted by Crippen LogP contribution is -1.56. The fourth-order valence-electron chi connectivity index (χ4n) is 0. The van der Waals surface area contributed by atoms with E-state index in [1.165, 1.54) is 0 Å². The lowest BCUT2D eigenvalue weighted by atomic mass is 10.6. The van der Waals surface area contributed by atoms with Crippen molar-refractivity contribution in [1.82, 2.24) is 0 Å². The molecule has 0 fully saturated rings. The molecule has 0 aliphatic heterocycles. The molecular weight excluding hydrogens is 208 g/mol. The molecule has 0 aromatic rings. The van der Waals surface area contributed by atoms with Crippen LogP contribution in [0.15, 0.2) is 8.96 Å². The van der Waals surface area contributed by atoms with Crippen LogP contribution in [0, 0.1) is 0 Å². The smallest absolute Gasteiger partial charge is 0.00179 e. The normalized spacial score (nSPS) is 14.0. The van der Waals surface area contributed by atoms with Crippen LogP contribution in [-0.4, -0.2) is 0 Å². The molecule has 0 aliphatic rings. The van der Waals surface area contributed by atoms with Gasteiger partial charge in [0.15, 0.2) is 0 Å². The zero-order valence-corrected chi connectivity index (χ0v) is 6.93. The summed E-state index contributed by atoms with van der Waals surface area (Å²) in [5.74, 6) is 0. The van der Waals surface area contributed by atoms with E-state index in [-0.39, 0.29) is 0 Å². The second kappa shape index (κ2) is 2.80. The van der Waals surface area contributed by atoms with E-state index in [2.05, 4.69) is 31.9 Å². The van der Waals surface area contributed by atoms with Gasteiger partial charge in [-0.1, -0.05) is 31.9 Å². The zero-order valence-electron chi connectivity index (χ0n) is 3.76. The number of rotatable bonds is 0. The van der Waals surface area contributed by atoms with Crippen molar-refractivity contribution in [2.24, 2.45) is 0 Å². The number of allylic oxidation sites excluding steroid dienone is 2. The quantitative estimate of drug-likeness (QED) is 0.581. The van der Waals surface area contributed by atoms with Crippen LogP contribution >= 0.6 is 31.9 Å². The van der Waals surface area contributed by atoms with Crippen LogP contribution in [-0.2, 0) is 0 Å². The van der Waals surface area contributed by atoms with Gasteiger partial charge >= 0.3 is 0 Å². The molecule has 0 heterocycles. The largest absolute Gasteiger partial charge is 0.0551 e. The van der Waals surface area contributed by atoms with Crippen LogP contribution in [0.4, 0.5) is 0 Å². The van der Waals surface area contributed by atoms with Gasteiger partial charge in [-0.25, -0.2) is 0 Å². The third-order valence-corrected chi connectivity index (χ3v) is 2.20. The van der Waals surface area contributed by atoms with Gasteiger partial charge in [-0.05, 0) is 13.8 Å². The van der Waals surface area contributed by atoms with Gasteiger partial charge in [0.1, 0.15) is 0 Å². The summed E-state index contributed by atoms with van der Waals surface area (Å²) in [6.07, 6.45) is 0. The summed E-state index contributed by atoms with van der Waals surface area (Å²) in [5, 5.41) is 0. The van der Waals surface area contributed by atoms with E-state index in [0.29, 0.717) is 0 Å². The fourth-order valence-corrected chi connectivity index (χ4v) is 0. The second-order valence-corrected chi connectivity index (χ2v) is 3.45. The molecule has 0 spiro atoms. The van der Waals surface area contributed by atoms with Crippen molar-refractivity contribution in [2.45, 2.75) is 13.8 Å². The Kier molecular flexibility index (Phi) is 3.13. The lowest BCUT2D eigenvalue weighted by Gasteiger charge is -1.83. The third kappa shape index (κ3) is 2.91. The maximum Gasteiger partial charge on any atom is 0.00179 e. The Morgan fingerprint density at radius 3 is 1.17 bits per heavy atom. The van der Waals surface area contributed by atoms with Gasteiger partial charge in [0.05, 0.1) is 0 Å². The first kappa shape index (κ1) is 6.70. The van der Waals surface area contributed by atoms with Crippen molar-refractivity contribution in [3.8, 4) is 0 Å². The molecule has 2 heteroatoms. The van der Waals surface area contributed by atoms with Gasteiger partial charge in [0.2, 0.25) is 0 Å². The predicted octanol–water partition coefficient (Wildman–Crippen LogP) is 3.03. The second-order valence-electron chi connectivity index (χ2n) is 1.07. The first-order valence-corrected chi connectivity index (χ1v) is 3.21. The highest BCUT2D eigenvalue weighted by atomic mass is 79.9. The Hall–Kier alpha value is 0.700. The van der Waals surface area contributed by atoms with Crippen molar-refractivity contribution >= 4 is 31.9 Å². The summed E-state index contributed by atoms with van der Waals surface area (Å²) in [6, 6.07) is 0. The van der Waals surface area contributed by atoms with Crippen molar-refractivity contribution in [2.75, 3.05) is 0 Å². The average Bonchev–Trinajstić information content (AvgIpc) is 1.36. The maximum absolute atomic E-state index is 3.27. The van der Waals surface area contributed by atoms with Crippen molar-refractivity contribution in [1.29, 1.82) is 0 Å². The maximum atomic E-state index is 3.27. The van der Waals surface area contributed by atoms with Crippen molar-refractivity contribution in [3.63, 3.8) is 0 Å². The van der Waals surface area contributed by atoms with Crippen LogP contribution in [0.1, 0.15) is 13.8 Å². The van der Waals surface area contributed by atoms with Crippen molar-refractivity contribution < 1.29 is 0 Å². The molecule has 0 N–H and O–H groups in total. The Balaban J connectivity index is 3.68. The molecule has 0 saturated heterocycles. The molecular formula is C4H6Br2. The zero-order chi connectivity index (χ0) is 5.15. The Morgan fingerprint density at radius 1 is 1.00 bits per heavy atom. The van der Waals surface area contributed by atoms with Gasteiger partial charge in [0.25, 0.3) is 0 Å². The topological polar surface area (TPSA) is 0 Å². The molecule has 0 bridgehead atoms. The highest BCUT2D eigenvalue weighted by Gasteiger charge is 1.80. The molecule has 36 valence electrons. The third-order valence-electron chi connectivity index (χ3n) is 0.475. The van der Waals surface area contributed by atoms with Gasteiger partial charge in [0, 0.05) is 8.96 Å². The highest BCUT2D eigenvalue weighted by molar-refractivity contribution is 9.14. The summed E-state index contributed by atoms with van der Waals surface area (Å²) >= 11 is 6.54. The van der Waals surface area contributed by atoms with E-state index < -0.39 is 0 Å². The number of halogens is 2. The number of hydrogen-bond acceptors (Lipinski definition) is 0. The molecule has 0 radical (unpaired) electrons. The molecule has 6 heavy (non-hydrogen) atoms. The Bertz CT molecular complexity index is 55.6. The Morgan fingerprint density at radius 2 is 1.17 bits per heavy atom. The van der Waals surface area contributed by atoms with Gasteiger partial charge in [-0.15, -0.1) is 0 Å². The summed E-state index contributed by atoms with van der Waals surface area (Å²) in [6.45, 7) is 3.98. The minimum atomic E-state index is 1.16. The minimum absolute atomic E-state index is 1.16. The van der Waals surface area contributed by atoms with E-state index >= 15 is 0 Å². The molecule has 0 saturated carbocycles. The molecule has 0 aromatic carbocycles. The van der Waals surface area contributed by atoms with Gasteiger partial charge < -0.3 is 0 Å². The van der Waals surface area contributed by atoms with E-state index in [9.17, 15) is 0 Å². The minimum Gasteiger partial charge on any atom is -0.0551 e. The molecule has 0 amide bonds. The molecule has 0 atom stereocenters. The molecule has 0 nitrogen and oxygen atoms in total. The monoisotopic (exact) mass is 212 g/mol. The van der Waals surface area contributed by atoms with Crippen LogP contribution in [0.3, 0.4) is 0 Å². The first-order valence-electron chi connectivity index (χ1n) is 1.63. The highest BCUT2D eigenvalue weighted by Crippen LogP contribution is 2.14. The van der Waals surface area contributed by atoms with Gasteiger partial charge in [-0.3, -0.25) is 0 Å². The molecule has 0 unspecified atom stereocenters. The van der Waals surface area contributed by atoms with Crippen LogP contribution < -0.4 is 0 Å². The van der Waals surface area contributed by atoms with Crippen LogP contribution in [0.25, 0.3) is 0 Å². The van der Waals surface area contributed by atoms with Crippen LogP contribution in [0.5, 0.6) is 0 Å². The Labute approximate surface area is 54.9 Å². The fraction of sp³-hybridized carbons (Fsp3) is 0.500. The van der Waals surface area contributed by atoms with E-state index in [4.69, 9.17) is 0 Å². The number of hydrogen-bond donors (Lipinski definition) is 0. The summed E-state index contributed by atoms with van der Waals surface area (Å²) in [7, 11) is 0. The SMILES string of the molecule is C/C(Br)=C(\C)Br. The average molecular weight is 214 g/mol.